The predicted molar refractivity (Wildman–Crippen MR) is 256 cm³/mol. The monoisotopic (exact) mass is 1050 g/mol. The van der Waals surface area contributed by atoms with Crippen LogP contribution >= 0.6 is 58.0 Å². The molecule has 366 valence electrons. The molecule has 9 rings (SSSR count). The van der Waals surface area contributed by atoms with E-state index in [1.54, 1.807) is 11.4 Å². The van der Waals surface area contributed by atoms with Gasteiger partial charge in [-0.1, -0.05) is 22.1 Å². The van der Waals surface area contributed by atoms with E-state index in [1.165, 1.54) is 71.6 Å². The van der Waals surface area contributed by atoms with Gasteiger partial charge in [0.1, 0.15) is 54.1 Å². The number of carbonyl (C=O) groups is 7. The molecule has 2 saturated heterocycles. The summed E-state index contributed by atoms with van der Waals surface area (Å²) in [7, 11) is 2.55. The lowest BCUT2D eigenvalue weighted by Gasteiger charge is -2.50. The molecule has 2 fully saturated rings. The van der Waals surface area contributed by atoms with Crippen LogP contribution in [-0.2, 0) is 57.8 Å². The molecule has 70 heavy (non-hydrogen) atoms. The maximum absolute atomic E-state index is 13.1. The fourth-order valence-corrected chi connectivity index (χ4v) is 12.8. The zero-order valence-electron chi connectivity index (χ0n) is 36.8. The summed E-state index contributed by atoms with van der Waals surface area (Å²) in [6.07, 6.45) is 7.50. The number of thiazole rings is 2. The standard InChI is InChI=1S/C23H24N6O5S2.C19H17N5O7S3/c1-34-27-16(14-11-36-23(24)25-14)19(30)26-17-20(31)29-18(22(32)33)13(10-35-21(17)29)9-28-8-4-6-12-5-2-3-7-15(12)28;1-30-23-11(9-7-34-19(20)21-9)14(25)22-12-15(26)24-13(17(27)28)8(5-32-16(12)24)6-33-18(29)10-3-2-4-31-10/h4,6,8,11,17,21H,2-3,5,7,9-10H2,1H3,(H3-,24,25,26,30,32,33);2-4,7,12,16H,5-6H2,1H3,(H2,20,21)(H,22,25)(H,27,28)/b27-16-;23-11-/t17-,21-;12-,16-/m11/s1. The quantitative estimate of drug-likeness (QED) is 0.0463. The highest BCUT2D eigenvalue weighted by atomic mass is 32.2. The molecule has 8 heterocycles. The van der Waals surface area contributed by atoms with Crippen molar-refractivity contribution in [3.8, 4) is 0 Å². The molecule has 4 amide bonds. The van der Waals surface area contributed by atoms with Crippen LogP contribution in [0.25, 0.3) is 0 Å². The number of aliphatic carboxylic acids is 2. The maximum atomic E-state index is 13.1. The Balaban J connectivity index is 0.000000189. The fourth-order valence-electron chi connectivity index (χ4n) is 8.14. The summed E-state index contributed by atoms with van der Waals surface area (Å²) >= 11 is 5.83. The largest absolute Gasteiger partial charge is 0.543 e. The van der Waals surface area contributed by atoms with Crippen LogP contribution in [-0.4, -0.2) is 131 Å². The Labute approximate surface area is 417 Å². The smallest absolute Gasteiger partial charge is 0.352 e. The lowest BCUT2D eigenvalue weighted by atomic mass is 9.95. The summed E-state index contributed by atoms with van der Waals surface area (Å²) in [5.74, 6) is -4.29. The summed E-state index contributed by atoms with van der Waals surface area (Å²) in [6.45, 7) is 0.364. The molecule has 4 aromatic heterocycles. The van der Waals surface area contributed by atoms with E-state index in [9.17, 15) is 43.8 Å². The molecule has 4 atom stereocenters. The number of nitrogens with two attached hydrogens (primary N) is 2. The number of nitrogen functional groups attached to an aromatic ring is 2. The second-order valence-electron chi connectivity index (χ2n) is 15.5. The number of nitrogens with zero attached hydrogens (tertiary/aromatic N) is 7. The second-order valence-corrected chi connectivity index (χ2v) is 20.4. The number of hydrogen-bond acceptors (Lipinski definition) is 22. The average Bonchev–Trinajstić information content (AvgIpc) is 4.15. The Morgan fingerprint density at radius 2 is 1.44 bits per heavy atom. The van der Waals surface area contributed by atoms with Gasteiger partial charge in [0.15, 0.2) is 45.9 Å². The predicted octanol–water partition coefficient (Wildman–Crippen LogP) is 0.327. The van der Waals surface area contributed by atoms with Crippen LogP contribution in [0.3, 0.4) is 0 Å². The van der Waals surface area contributed by atoms with E-state index in [4.69, 9.17) is 25.6 Å². The summed E-state index contributed by atoms with van der Waals surface area (Å²) < 4.78 is 7.13. The van der Waals surface area contributed by atoms with Crippen molar-refractivity contribution in [1.82, 2.24) is 30.4 Å². The summed E-state index contributed by atoms with van der Waals surface area (Å²) in [5.41, 5.74) is 14.6. The van der Waals surface area contributed by atoms with Gasteiger partial charge in [-0.15, -0.1) is 46.2 Å². The van der Waals surface area contributed by atoms with E-state index < -0.39 is 58.4 Å². The first-order valence-corrected chi connectivity index (χ1v) is 25.8. The second kappa shape index (κ2) is 21.5. The molecule has 4 aromatic rings. The van der Waals surface area contributed by atoms with E-state index in [0.29, 0.717) is 23.4 Å². The highest BCUT2D eigenvalue weighted by molar-refractivity contribution is 8.14. The SMILES string of the molecule is CO/N=C(\C(=O)N[C@@H]1C(=O)N2C(C(=O)O)=C(CSC(=O)c3ccco3)CS[C@H]12)c1csc(N)n1.CO/N=C(\C(=O)N[C@@H]1C(=O)N2C(C(=O)[O-])=C(C[n+]3cccc4c3CCCC4)CS[C@H]12)c1csc(N)n1. The fraction of sp³-hybridized carbons (Fsp3) is 0.333. The number of aromatic nitrogens is 3. The lowest BCUT2D eigenvalue weighted by molar-refractivity contribution is -0.697. The van der Waals surface area contributed by atoms with E-state index in [0.717, 1.165) is 65.0 Å². The number of fused-ring (bicyclic) bond motifs is 3. The maximum Gasteiger partial charge on any atom is 0.352 e. The summed E-state index contributed by atoms with van der Waals surface area (Å²) in [5, 5.41) is 36.6. The molecular formula is C42H41N11O12S5. The summed E-state index contributed by atoms with van der Waals surface area (Å²) in [6, 6.07) is 5.28. The number of nitrogens with one attached hydrogen (secondary N) is 2. The molecule has 0 spiro atoms. The zero-order chi connectivity index (χ0) is 49.8. The normalized spacial score (nSPS) is 20.7. The third-order valence-electron chi connectivity index (χ3n) is 11.2. The topological polar surface area (TPSA) is 331 Å². The lowest BCUT2D eigenvalue weighted by Crippen LogP contribution is -2.71. The third kappa shape index (κ3) is 10.1. The van der Waals surface area contributed by atoms with Gasteiger partial charge in [0.25, 0.3) is 28.7 Å². The van der Waals surface area contributed by atoms with E-state index in [2.05, 4.69) is 41.5 Å². The number of rotatable bonds is 15. The van der Waals surface area contributed by atoms with Crippen LogP contribution in [0.15, 0.2) is 84.8 Å². The molecule has 23 nitrogen and oxygen atoms in total. The summed E-state index contributed by atoms with van der Waals surface area (Å²) in [4.78, 5) is 108. The molecule has 0 radical (unpaired) electrons. The number of furan rings is 1. The van der Waals surface area contributed by atoms with E-state index >= 15 is 0 Å². The van der Waals surface area contributed by atoms with Crippen molar-refractivity contribution < 1.29 is 62.4 Å². The number of carboxylic acid groups (broad SMARTS) is 2. The first-order chi connectivity index (χ1) is 33.7. The van der Waals surface area contributed by atoms with Crippen LogP contribution in [0.1, 0.15) is 46.0 Å². The first-order valence-electron chi connectivity index (χ1n) is 21.0. The Hall–Kier alpha value is -6.75. The van der Waals surface area contributed by atoms with Gasteiger partial charge in [-0.2, -0.15) is 4.57 Å². The van der Waals surface area contributed by atoms with Gasteiger partial charge < -0.3 is 51.2 Å². The molecule has 7 N–H and O–H groups in total. The van der Waals surface area contributed by atoms with Gasteiger partial charge in [-0.05, 0) is 43.0 Å². The Kier molecular flexibility index (Phi) is 15.2. The molecule has 4 aliphatic heterocycles. The van der Waals surface area contributed by atoms with Gasteiger partial charge in [-0.25, -0.2) is 14.8 Å². The van der Waals surface area contributed by atoms with Crippen molar-refractivity contribution >= 4 is 120 Å². The van der Waals surface area contributed by atoms with E-state index in [1.807, 2.05) is 12.3 Å². The Morgan fingerprint density at radius 1 is 0.871 bits per heavy atom. The Bertz CT molecular complexity index is 2900. The minimum atomic E-state index is -1.40. The number of thioether (sulfide) groups is 3. The minimum absolute atomic E-state index is 0.0809. The van der Waals surface area contributed by atoms with Gasteiger partial charge >= 0.3 is 5.97 Å². The molecule has 0 unspecified atom stereocenters. The Morgan fingerprint density at radius 3 is 1.96 bits per heavy atom. The van der Waals surface area contributed by atoms with Crippen molar-refractivity contribution in [3.05, 3.63) is 98.4 Å². The number of anilines is 2. The minimum Gasteiger partial charge on any atom is -0.543 e. The molecule has 0 saturated carbocycles. The average molecular weight is 1050 g/mol. The molecular weight excluding hydrogens is 1010 g/mol. The third-order valence-corrected chi connectivity index (χ3v) is 16.2. The molecule has 5 aliphatic rings. The zero-order valence-corrected chi connectivity index (χ0v) is 40.9. The van der Waals surface area contributed by atoms with Crippen molar-refractivity contribution in [2.45, 2.75) is 55.1 Å². The van der Waals surface area contributed by atoms with Gasteiger partial charge in [0.2, 0.25) is 0 Å². The first kappa shape index (κ1) is 49.7. The van der Waals surface area contributed by atoms with Crippen molar-refractivity contribution in [3.63, 3.8) is 0 Å². The number of aryl methyl sites for hydroxylation is 1. The van der Waals surface area contributed by atoms with Gasteiger partial charge in [-0.3, -0.25) is 33.8 Å². The number of carbonyl (C=O) groups excluding carboxylic acids is 6. The number of hydrogen-bond donors (Lipinski definition) is 5. The number of amides is 4. The molecule has 28 heteroatoms. The van der Waals surface area contributed by atoms with Crippen LogP contribution in [0.4, 0.5) is 10.3 Å². The highest BCUT2D eigenvalue weighted by Crippen LogP contribution is 2.42. The van der Waals surface area contributed by atoms with E-state index in [-0.39, 0.29) is 66.8 Å². The van der Waals surface area contributed by atoms with Crippen LogP contribution < -0.4 is 31.8 Å². The number of β-lactam (4-membered cyclic amide) rings is 2. The van der Waals surface area contributed by atoms with Crippen molar-refractivity contribution in [2.24, 2.45) is 10.3 Å². The van der Waals surface area contributed by atoms with Gasteiger partial charge in [0, 0.05) is 51.6 Å². The number of pyridine rings is 1. The molecule has 1 aliphatic carbocycles. The van der Waals surface area contributed by atoms with Crippen LogP contribution in [0.2, 0.25) is 0 Å². The van der Waals surface area contributed by atoms with Crippen molar-refractivity contribution in [1.29, 1.82) is 0 Å². The number of oxime groups is 2. The molecule has 0 aromatic carbocycles. The molecule has 0 bridgehead atoms. The van der Waals surface area contributed by atoms with Crippen LogP contribution in [0.5, 0.6) is 0 Å². The van der Waals surface area contributed by atoms with Crippen molar-refractivity contribution in [2.75, 3.05) is 42.9 Å². The highest BCUT2D eigenvalue weighted by Gasteiger charge is 2.55. The number of carboxylic acids is 2. The van der Waals surface area contributed by atoms with Crippen LogP contribution in [0, 0.1) is 0 Å². The van der Waals surface area contributed by atoms with Gasteiger partial charge in [0.05, 0.1) is 17.9 Å².